The van der Waals surface area contributed by atoms with Gasteiger partial charge in [-0.3, -0.25) is 0 Å². The molecule has 0 bridgehead atoms. The minimum absolute atomic E-state index is 0.0101. The van der Waals surface area contributed by atoms with E-state index in [2.05, 4.69) is 0 Å². The average molecular weight is 214 g/mol. The molecule has 0 aliphatic heterocycles. The van der Waals surface area contributed by atoms with Gasteiger partial charge in [0, 0.05) is 6.04 Å². The maximum Gasteiger partial charge on any atom is 0.492 e. The summed E-state index contributed by atoms with van der Waals surface area (Å²) in [7, 11) is 1.53. The average Bonchev–Trinajstić information content (AvgIpc) is 1.96. The van der Waals surface area contributed by atoms with Crippen LogP contribution in [0.5, 0.6) is 0 Å². The molecular formula is C7H16BF3NS-. The molecule has 0 aliphatic rings. The standard InChI is InChI=1S/C7H16BF3NS/c1-7(4-5-13-3)12(2)6-8(9,10)11/h7H,4-6H2,1-3H3/q-1. The van der Waals surface area contributed by atoms with Crippen molar-refractivity contribution in [1.82, 2.24) is 4.90 Å². The first-order valence-electron chi connectivity index (χ1n) is 4.27. The molecular weight excluding hydrogens is 198 g/mol. The van der Waals surface area contributed by atoms with Crippen molar-refractivity contribution >= 4 is 18.7 Å². The van der Waals surface area contributed by atoms with Crippen LogP contribution in [0.2, 0.25) is 0 Å². The first-order valence-corrected chi connectivity index (χ1v) is 5.66. The van der Waals surface area contributed by atoms with Crippen molar-refractivity contribution in [2.75, 3.05) is 25.5 Å². The molecule has 0 heterocycles. The van der Waals surface area contributed by atoms with Gasteiger partial charge in [-0.05, 0) is 38.8 Å². The Labute approximate surface area is 82.1 Å². The van der Waals surface area contributed by atoms with Gasteiger partial charge in [0.1, 0.15) is 0 Å². The van der Waals surface area contributed by atoms with Gasteiger partial charge in [0.25, 0.3) is 0 Å². The lowest BCUT2D eigenvalue weighted by Crippen LogP contribution is -2.40. The van der Waals surface area contributed by atoms with Crippen LogP contribution >= 0.6 is 11.8 Å². The lowest BCUT2D eigenvalue weighted by Gasteiger charge is -2.29. The van der Waals surface area contributed by atoms with Gasteiger partial charge in [0.15, 0.2) is 0 Å². The summed E-state index contributed by atoms with van der Waals surface area (Å²) in [5, 5.41) is 0. The molecule has 0 spiro atoms. The molecule has 80 valence electrons. The molecule has 0 N–H and O–H groups in total. The van der Waals surface area contributed by atoms with Gasteiger partial charge < -0.3 is 17.8 Å². The van der Waals surface area contributed by atoms with Gasteiger partial charge >= 0.3 is 6.98 Å². The molecule has 0 aromatic carbocycles. The van der Waals surface area contributed by atoms with Crippen molar-refractivity contribution in [3.63, 3.8) is 0 Å². The fourth-order valence-electron chi connectivity index (χ4n) is 1.02. The van der Waals surface area contributed by atoms with E-state index >= 15 is 0 Å². The van der Waals surface area contributed by atoms with E-state index < -0.39 is 13.4 Å². The van der Waals surface area contributed by atoms with Crippen molar-refractivity contribution in [2.45, 2.75) is 19.4 Å². The Bertz CT molecular complexity index is 142. The van der Waals surface area contributed by atoms with Crippen LogP contribution in [-0.2, 0) is 0 Å². The molecule has 0 saturated carbocycles. The largest absolute Gasteiger partial charge is 0.492 e. The maximum atomic E-state index is 12.0. The number of thioether (sulfide) groups is 1. The van der Waals surface area contributed by atoms with E-state index in [1.165, 1.54) is 11.9 Å². The highest BCUT2D eigenvalue weighted by molar-refractivity contribution is 7.98. The Morgan fingerprint density at radius 2 is 1.92 bits per heavy atom. The third kappa shape index (κ3) is 7.25. The minimum atomic E-state index is -4.68. The molecule has 0 fully saturated rings. The topological polar surface area (TPSA) is 3.24 Å². The van der Waals surface area contributed by atoms with Crippen LogP contribution in [0.4, 0.5) is 12.9 Å². The van der Waals surface area contributed by atoms with Crippen LogP contribution in [-0.4, -0.2) is 43.4 Å². The van der Waals surface area contributed by atoms with Gasteiger partial charge in [-0.25, -0.2) is 0 Å². The van der Waals surface area contributed by atoms with Crippen molar-refractivity contribution < 1.29 is 12.9 Å². The van der Waals surface area contributed by atoms with E-state index in [0.717, 1.165) is 12.2 Å². The first-order chi connectivity index (χ1) is 5.87. The molecule has 1 unspecified atom stereocenters. The lowest BCUT2D eigenvalue weighted by atomic mass is 9.90. The highest BCUT2D eigenvalue weighted by Gasteiger charge is 2.26. The molecule has 0 amide bonds. The molecule has 1 atom stereocenters. The summed E-state index contributed by atoms with van der Waals surface area (Å²) < 4.78 is 36.0. The van der Waals surface area contributed by atoms with Gasteiger partial charge in [0.2, 0.25) is 0 Å². The second-order valence-corrected chi connectivity index (χ2v) is 4.27. The minimum Gasteiger partial charge on any atom is -0.448 e. The summed E-state index contributed by atoms with van der Waals surface area (Å²) in [4.78, 5) is 1.37. The van der Waals surface area contributed by atoms with E-state index in [1.807, 2.05) is 13.2 Å². The van der Waals surface area contributed by atoms with Crippen molar-refractivity contribution in [3.8, 4) is 0 Å². The van der Waals surface area contributed by atoms with Crippen LogP contribution in [0.3, 0.4) is 0 Å². The summed E-state index contributed by atoms with van der Waals surface area (Å²) in [5.41, 5.74) is 0. The number of nitrogens with zero attached hydrogens (tertiary/aromatic N) is 1. The summed E-state index contributed by atoms with van der Waals surface area (Å²) in [6, 6.07) is 0.0101. The smallest absolute Gasteiger partial charge is 0.448 e. The summed E-state index contributed by atoms with van der Waals surface area (Å²) in [5.74, 6) is 0.913. The van der Waals surface area contributed by atoms with Crippen LogP contribution in [0.1, 0.15) is 13.3 Å². The molecule has 0 aromatic rings. The predicted octanol–water partition coefficient (Wildman–Crippen LogP) is 2.45. The van der Waals surface area contributed by atoms with Crippen LogP contribution in [0.25, 0.3) is 0 Å². The SMILES string of the molecule is CSCCC(C)N(C)C[B-](F)(F)F. The molecule has 6 heteroatoms. The summed E-state index contributed by atoms with van der Waals surface area (Å²) >= 11 is 1.66. The predicted molar refractivity (Wildman–Crippen MR) is 54.2 cm³/mol. The second-order valence-electron chi connectivity index (χ2n) is 3.28. The normalized spacial score (nSPS) is 15.0. The number of hydrogen-bond acceptors (Lipinski definition) is 2. The molecule has 1 nitrogen and oxygen atoms in total. The third-order valence-corrected chi connectivity index (χ3v) is 2.63. The number of rotatable bonds is 6. The van der Waals surface area contributed by atoms with Crippen molar-refractivity contribution in [3.05, 3.63) is 0 Å². The highest BCUT2D eigenvalue weighted by atomic mass is 32.2. The Morgan fingerprint density at radius 1 is 1.38 bits per heavy atom. The lowest BCUT2D eigenvalue weighted by molar-refractivity contribution is 0.259. The highest BCUT2D eigenvalue weighted by Crippen LogP contribution is 2.13. The zero-order chi connectivity index (χ0) is 10.5. The monoisotopic (exact) mass is 214 g/mol. The van der Waals surface area contributed by atoms with Crippen LogP contribution in [0, 0.1) is 0 Å². The van der Waals surface area contributed by atoms with Crippen LogP contribution in [0.15, 0.2) is 0 Å². The molecule has 0 saturated heterocycles. The summed E-state index contributed by atoms with van der Waals surface area (Å²) in [6.45, 7) is -2.84. The van der Waals surface area contributed by atoms with E-state index in [-0.39, 0.29) is 6.04 Å². The van der Waals surface area contributed by atoms with E-state index in [4.69, 9.17) is 0 Å². The molecule has 0 aliphatic carbocycles. The zero-order valence-corrected chi connectivity index (χ0v) is 9.08. The molecule has 0 aromatic heterocycles. The van der Waals surface area contributed by atoms with Crippen molar-refractivity contribution in [2.24, 2.45) is 0 Å². The Kier molecular flexibility index (Phi) is 5.88. The van der Waals surface area contributed by atoms with Crippen LogP contribution < -0.4 is 0 Å². The van der Waals surface area contributed by atoms with Gasteiger partial charge in [0.05, 0.1) is 0 Å². The Balaban J connectivity index is 3.75. The molecule has 0 rings (SSSR count). The quantitative estimate of drug-likeness (QED) is 0.624. The second kappa shape index (κ2) is 5.80. The zero-order valence-electron chi connectivity index (χ0n) is 8.27. The van der Waals surface area contributed by atoms with E-state index in [0.29, 0.717) is 0 Å². The number of hydrogen-bond donors (Lipinski definition) is 0. The van der Waals surface area contributed by atoms with E-state index in [1.54, 1.807) is 11.8 Å². The fraction of sp³-hybridized carbons (Fsp3) is 1.00. The number of halogens is 3. The Hall–Kier alpha value is 0.165. The summed E-state index contributed by atoms with van der Waals surface area (Å²) in [6.07, 6.45) is 2.01. The first kappa shape index (κ1) is 13.2. The Morgan fingerprint density at radius 3 is 2.31 bits per heavy atom. The van der Waals surface area contributed by atoms with Gasteiger partial charge in [-0.15, -0.1) is 0 Å². The van der Waals surface area contributed by atoms with Gasteiger partial charge in [-0.1, -0.05) is 0 Å². The van der Waals surface area contributed by atoms with Crippen molar-refractivity contribution in [1.29, 1.82) is 0 Å². The third-order valence-electron chi connectivity index (χ3n) is 1.99. The fourth-order valence-corrected chi connectivity index (χ4v) is 1.59. The van der Waals surface area contributed by atoms with E-state index in [9.17, 15) is 12.9 Å². The molecule has 0 radical (unpaired) electrons. The maximum absolute atomic E-state index is 12.0. The van der Waals surface area contributed by atoms with Gasteiger partial charge in [-0.2, -0.15) is 11.8 Å². The molecule has 13 heavy (non-hydrogen) atoms.